The van der Waals surface area contributed by atoms with E-state index >= 15 is 4.39 Å². The molecule has 8 nitrogen and oxygen atoms in total. The van der Waals surface area contributed by atoms with Crippen molar-refractivity contribution in [3.63, 3.8) is 0 Å². The third kappa shape index (κ3) is 4.75. The number of carbonyl (C=O) groups excluding carboxylic acids is 1. The lowest BCUT2D eigenvalue weighted by molar-refractivity contribution is -0.166. The Kier molecular flexibility index (Phi) is 6.82. The number of hydrogen-bond donors (Lipinski definition) is 1. The van der Waals surface area contributed by atoms with E-state index in [-0.39, 0.29) is 39.9 Å². The van der Waals surface area contributed by atoms with Crippen LogP contribution in [0.4, 0.5) is 9.18 Å². The van der Waals surface area contributed by atoms with Crippen LogP contribution >= 0.6 is 0 Å². The number of rotatable bonds is 4. The number of pyridine rings is 2. The largest absolute Gasteiger partial charge is 0.488 e. The van der Waals surface area contributed by atoms with Crippen LogP contribution in [0.3, 0.4) is 0 Å². The van der Waals surface area contributed by atoms with Gasteiger partial charge in [-0.3, -0.25) is 4.98 Å². The molecular weight excluding hydrogens is 533 g/mol. The maximum atomic E-state index is 15.6. The van der Waals surface area contributed by atoms with Crippen LogP contribution in [0.5, 0.6) is 5.75 Å². The third-order valence-electron chi connectivity index (χ3n) is 7.90. The van der Waals surface area contributed by atoms with Crippen molar-refractivity contribution >= 4 is 27.9 Å². The van der Waals surface area contributed by atoms with Crippen LogP contribution in [0, 0.1) is 39.3 Å². The van der Waals surface area contributed by atoms with Gasteiger partial charge in [0, 0.05) is 39.4 Å². The molecule has 0 unspecified atom stereocenters. The Balaban J connectivity index is 1.52. The topological polar surface area (TPSA) is 121 Å². The summed E-state index contributed by atoms with van der Waals surface area (Å²) in [6, 6.07) is 15.4. The number of hydrogen-bond acceptors (Lipinski definition) is 7. The fourth-order valence-electron chi connectivity index (χ4n) is 6.38. The number of nitrogens with one attached hydrogen (secondary N) is 1. The van der Waals surface area contributed by atoms with E-state index in [1.807, 2.05) is 48.5 Å². The van der Waals surface area contributed by atoms with Crippen LogP contribution in [0.1, 0.15) is 59.6 Å². The van der Waals surface area contributed by atoms with Crippen LogP contribution in [0.25, 0.3) is 33.1 Å². The molecule has 1 saturated carbocycles. The minimum absolute atomic E-state index is 0.140. The monoisotopic (exact) mass is 565 g/mol. The van der Waals surface area contributed by atoms with Crippen LogP contribution in [-0.2, 0) is 4.74 Å². The number of halogens is 1. The van der Waals surface area contributed by atoms with Gasteiger partial charge in [-0.25, -0.2) is 14.2 Å². The Morgan fingerprint density at radius 1 is 0.976 bits per heavy atom. The van der Waals surface area contributed by atoms with Gasteiger partial charge in [-0.2, -0.15) is 10.5 Å². The first-order valence-corrected chi connectivity index (χ1v) is 13.7. The first-order valence-electron chi connectivity index (χ1n) is 13.7. The molecule has 42 heavy (non-hydrogen) atoms. The average Bonchev–Trinajstić information content (AvgIpc) is 2.93. The second-order valence-corrected chi connectivity index (χ2v) is 12.8. The van der Waals surface area contributed by atoms with E-state index in [9.17, 15) is 15.3 Å². The fraction of sp³-hybridized carbons (Fsp3) is 0.364. The number of alkyl carbamates (subject to hydrolysis) is 1. The molecule has 5 rings (SSSR count). The summed E-state index contributed by atoms with van der Waals surface area (Å²) in [5.41, 5.74) is 0.0609. The van der Waals surface area contributed by atoms with Crippen molar-refractivity contribution in [2.75, 3.05) is 0 Å². The molecule has 2 aromatic heterocycles. The van der Waals surface area contributed by atoms with Gasteiger partial charge in [0.05, 0.1) is 27.9 Å². The summed E-state index contributed by atoms with van der Waals surface area (Å²) in [6.45, 7) is 13.6. The highest BCUT2D eigenvalue weighted by molar-refractivity contribution is 5.93. The number of nitrogens with zero attached hydrogens (tertiary/aromatic N) is 4. The minimum atomic E-state index is -0.617. The number of fused-ring (bicyclic) bond motifs is 2. The molecule has 0 aliphatic heterocycles. The van der Waals surface area contributed by atoms with Crippen molar-refractivity contribution in [3.05, 3.63) is 65.6 Å². The van der Waals surface area contributed by atoms with Crippen molar-refractivity contribution in [3.8, 4) is 29.1 Å². The zero-order valence-corrected chi connectivity index (χ0v) is 24.7. The third-order valence-corrected chi connectivity index (χ3v) is 7.90. The van der Waals surface area contributed by atoms with Gasteiger partial charge >= 0.3 is 6.09 Å². The van der Waals surface area contributed by atoms with Crippen molar-refractivity contribution in [2.45, 2.75) is 66.2 Å². The molecule has 9 heteroatoms. The first kappa shape index (κ1) is 28.8. The van der Waals surface area contributed by atoms with Crippen LogP contribution < -0.4 is 10.1 Å². The molecule has 1 fully saturated rings. The van der Waals surface area contributed by atoms with Gasteiger partial charge in [0.2, 0.25) is 0 Å². The number of benzene rings is 2. The lowest BCUT2D eigenvalue weighted by Gasteiger charge is -2.62. The standard InChI is InChI=1S/C33H32FN5O3/c1-31(2,3)42-30(40)39-28-32(4,5)29(33(28,6)7)41-24-13-10-18(16-35)27-20(24)11-12-23(38-27)22-15-19(17-36)26-21(25(22)34)9-8-14-37-26/h8-15,28-29H,1-7H3,(H,39,40). The molecule has 0 bridgehead atoms. The van der Waals surface area contributed by atoms with E-state index in [2.05, 4.69) is 27.4 Å². The molecule has 0 saturated heterocycles. The van der Waals surface area contributed by atoms with Gasteiger partial charge in [0.15, 0.2) is 0 Å². The van der Waals surface area contributed by atoms with Gasteiger partial charge in [-0.15, -0.1) is 0 Å². The van der Waals surface area contributed by atoms with Crippen LogP contribution in [0.15, 0.2) is 48.7 Å². The molecule has 0 radical (unpaired) electrons. The Morgan fingerprint density at radius 3 is 2.31 bits per heavy atom. The predicted octanol–water partition coefficient (Wildman–Crippen LogP) is 7.04. The number of aromatic nitrogens is 2. The van der Waals surface area contributed by atoms with Crippen LogP contribution in [0.2, 0.25) is 0 Å². The normalized spacial score (nSPS) is 18.9. The van der Waals surface area contributed by atoms with Crippen LogP contribution in [-0.4, -0.2) is 33.8 Å². The maximum absolute atomic E-state index is 15.6. The van der Waals surface area contributed by atoms with E-state index in [0.29, 0.717) is 22.2 Å². The summed E-state index contributed by atoms with van der Waals surface area (Å²) in [4.78, 5) is 21.4. The highest BCUT2D eigenvalue weighted by Gasteiger charge is 2.64. The highest BCUT2D eigenvalue weighted by atomic mass is 19.1. The molecule has 1 amide bonds. The molecule has 214 valence electrons. The summed E-state index contributed by atoms with van der Waals surface area (Å²) < 4.78 is 27.7. The van der Waals surface area contributed by atoms with Gasteiger partial charge in [0.1, 0.15) is 35.4 Å². The van der Waals surface area contributed by atoms with E-state index in [4.69, 9.17) is 9.47 Å². The SMILES string of the molecule is CC(C)(C)OC(=O)NC1C(C)(C)C(Oc2ccc(C#N)c3nc(-c4cc(C#N)c5ncccc5c4F)ccc23)C1(C)C. The number of amides is 1. The highest BCUT2D eigenvalue weighted by Crippen LogP contribution is 2.56. The smallest absolute Gasteiger partial charge is 0.407 e. The number of nitriles is 2. The second-order valence-electron chi connectivity index (χ2n) is 12.8. The zero-order chi connectivity index (χ0) is 30.6. The summed E-state index contributed by atoms with van der Waals surface area (Å²) in [7, 11) is 0. The summed E-state index contributed by atoms with van der Waals surface area (Å²) in [6.07, 6.45) is 0.728. The van der Waals surface area contributed by atoms with Crippen molar-refractivity contribution in [1.82, 2.24) is 15.3 Å². The van der Waals surface area contributed by atoms with E-state index < -0.39 is 28.3 Å². The maximum Gasteiger partial charge on any atom is 0.407 e. The molecule has 2 aromatic carbocycles. The molecule has 1 N–H and O–H groups in total. The predicted molar refractivity (Wildman–Crippen MR) is 157 cm³/mol. The van der Waals surface area contributed by atoms with E-state index in [1.54, 1.807) is 36.4 Å². The van der Waals surface area contributed by atoms with Crippen molar-refractivity contribution in [1.29, 1.82) is 10.5 Å². The van der Waals surface area contributed by atoms with Gasteiger partial charge in [-0.1, -0.05) is 27.7 Å². The second kappa shape index (κ2) is 9.95. The quantitative estimate of drug-likeness (QED) is 0.282. The fourth-order valence-corrected chi connectivity index (χ4v) is 6.38. The Morgan fingerprint density at radius 2 is 1.67 bits per heavy atom. The van der Waals surface area contributed by atoms with E-state index in [0.717, 1.165) is 0 Å². The molecule has 1 aliphatic carbocycles. The lowest BCUT2D eigenvalue weighted by Crippen LogP contribution is -2.74. The van der Waals surface area contributed by atoms with Gasteiger partial charge in [-0.05, 0) is 63.2 Å². The summed E-state index contributed by atoms with van der Waals surface area (Å²) in [5.74, 6) is -0.0258. The average molecular weight is 566 g/mol. The van der Waals surface area contributed by atoms with E-state index in [1.165, 1.54) is 12.3 Å². The molecule has 1 aliphatic rings. The molecule has 4 aromatic rings. The number of ether oxygens (including phenoxy) is 2. The Bertz CT molecular complexity index is 1810. The summed E-state index contributed by atoms with van der Waals surface area (Å²) >= 11 is 0. The lowest BCUT2D eigenvalue weighted by atomic mass is 9.49. The molecule has 0 spiro atoms. The minimum Gasteiger partial charge on any atom is -0.488 e. The first-order chi connectivity index (χ1) is 19.7. The molecular formula is C33H32FN5O3. The van der Waals surface area contributed by atoms with Gasteiger partial charge in [0.25, 0.3) is 0 Å². The Hall–Kier alpha value is -4.76. The summed E-state index contributed by atoms with van der Waals surface area (Å²) in [5, 5.41) is 23.4. The van der Waals surface area contributed by atoms with Crippen molar-refractivity contribution < 1.29 is 18.7 Å². The Labute approximate surface area is 244 Å². The van der Waals surface area contributed by atoms with Crippen molar-refractivity contribution in [2.24, 2.45) is 10.8 Å². The molecule has 0 atom stereocenters. The number of carbonyl (C=O) groups is 1. The molecule has 2 heterocycles. The van der Waals surface area contributed by atoms with Gasteiger partial charge < -0.3 is 14.8 Å². The zero-order valence-electron chi connectivity index (χ0n) is 24.7.